The Balaban J connectivity index is 2.96. The smallest absolute Gasteiger partial charge is 0.142 e. The minimum Gasteiger partial charge on any atom is -0.299 e. The van der Waals surface area contributed by atoms with Crippen molar-refractivity contribution in [1.82, 2.24) is 0 Å². The highest BCUT2D eigenvalue weighted by Crippen LogP contribution is 2.13. The van der Waals surface area contributed by atoms with Crippen molar-refractivity contribution < 1.29 is 4.79 Å². The Kier molecular flexibility index (Phi) is 18.9. The third-order valence-corrected chi connectivity index (χ3v) is 4.19. The SMILES string of the molecule is CCCCCCCCCCCCCCCCCC=CC=O. The van der Waals surface area contributed by atoms with Crippen LogP contribution in [-0.2, 0) is 4.79 Å². The summed E-state index contributed by atoms with van der Waals surface area (Å²) in [7, 11) is 0. The van der Waals surface area contributed by atoms with Gasteiger partial charge in [0.25, 0.3) is 0 Å². The van der Waals surface area contributed by atoms with Gasteiger partial charge in [-0.1, -0.05) is 103 Å². The molecule has 0 fully saturated rings. The molecule has 0 rings (SSSR count). The van der Waals surface area contributed by atoms with Gasteiger partial charge in [0, 0.05) is 0 Å². The van der Waals surface area contributed by atoms with E-state index in [1.165, 1.54) is 96.3 Å². The molecule has 1 nitrogen and oxygen atoms in total. The summed E-state index contributed by atoms with van der Waals surface area (Å²) in [6.07, 6.45) is 26.6. The maximum atomic E-state index is 10.1. The second kappa shape index (κ2) is 19.4. The van der Waals surface area contributed by atoms with E-state index in [4.69, 9.17) is 0 Å². The van der Waals surface area contributed by atoms with Crippen LogP contribution in [0, 0.1) is 0 Å². The van der Waals surface area contributed by atoms with Crippen molar-refractivity contribution in [3.63, 3.8) is 0 Å². The Morgan fingerprint density at radius 1 is 0.571 bits per heavy atom. The average molecular weight is 295 g/mol. The number of unbranched alkanes of at least 4 members (excludes halogenated alkanes) is 15. The molecule has 0 aromatic rings. The molecule has 124 valence electrons. The third kappa shape index (κ3) is 19.4. The Bertz CT molecular complexity index is 220. The van der Waals surface area contributed by atoms with Gasteiger partial charge in [-0.2, -0.15) is 0 Å². The van der Waals surface area contributed by atoms with Gasteiger partial charge >= 0.3 is 0 Å². The molecule has 0 radical (unpaired) electrons. The van der Waals surface area contributed by atoms with Gasteiger partial charge in [-0.25, -0.2) is 0 Å². The van der Waals surface area contributed by atoms with Gasteiger partial charge in [-0.3, -0.25) is 4.79 Å². The molecule has 0 saturated carbocycles. The summed E-state index contributed by atoms with van der Waals surface area (Å²) in [6, 6.07) is 0. The van der Waals surface area contributed by atoms with E-state index in [-0.39, 0.29) is 0 Å². The summed E-state index contributed by atoms with van der Waals surface area (Å²) in [5.74, 6) is 0. The molecule has 1 heteroatoms. The normalized spacial score (nSPS) is 11.3. The molecule has 0 bridgehead atoms. The topological polar surface area (TPSA) is 17.1 Å². The molecule has 0 aliphatic carbocycles. The molecule has 0 heterocycles. The zero-order valence-electron chi connectivity index (χ0n) is 14.5. The van der Waals surface area contributed by atoms with Crippen LogP contribution in [0.15, 0.2) is 12.2 Å². The van der Waals surface area contributed by atoms with Gasteiger partial charge in [0.1, 0.15) is 6.29 Å². The van der Waals surface area contributed by atoms with Crippen molar-refractivity contribution >= 4 is 6.29 Å². The van der Waals surface area contributed by atoms with Crippen molar-refractivity contribution in [2.45, 2.75) is 110 Å². The summed E-state index contributed by atoms with van der Waals surface area (Å²) in [5.41, 5.74) is 0. The van der Waals surface area contributed by atoms with Crippen LogP contribution in [-0.4, -0.2) is 6.29 Å². The van der Waals surface area contributed by atoms with Crippen LogP contribution in [0.1, 0.15) is 110 Å². The van der Waals surface area contributed by atoms with E-state index >= 15 is 0 Å². The monoisotopic (exact) mass is 294 g/mol. The van der Waals surface area contributed by atoms with E-state index in [1.807, 2.05) is 6.08 Å². The first-order valence-electron chi connectivity index (χ1n) is 9.52. The molecule has 0 saturated heterocycles. The number of carbonyl (C=O) groups is 1. The predicted octanol–water partition coefficient (Wildman–Crippen LogP) is 7.00. The molecule has 0 N–H and O–H groups in total. The number of hydrogen-bond acceptors (Lipinski definition) is 1. The Morgan fingerprint density at radius 3 is 1.33 bits per heavy atom. The van der Waals surface area contributed by atoms with Gasteiger partial charge in [0.05, 0.1) is 0 Å². The summed E-state index contributed by atoms with van der Waals surface area (Å²) >= 11 is 0. The van der Waals surface area contributed by atoms with Crippen molar-refractivity contribution in [2.24, 2.45) is 0 Å². The average Bonchev–Trinajstić information content (AvgIpc) is 2.50. The summed E-state index contributed by atoms with van der Waals surface area (Å²) in [5, 5.41) is 0. The second-order valence-electron chi connectivity index (χ2n) is 6.30. The lowest BCUT2D eigenvalue weighted by atomic mass is 10.0. The van der Waals surface area contributed by atoms with E-state index in [0.29, 0.717) is 0 Å². The quantitative estimate of drug-likeness (QED) is 0.160. The number of allylic oxidation sites excluding steroid dienone is 2. The van der Waals surface area contributed by atoms with Crippen molar-refractivity contribution in [3.05, 3.63) is 12.2 Å². The van der Waals surface area contributed by atoms with Crippen LogP contribution in [0.2, 0.25) is 0 Å². The zero-order chi connectivity index (χ0) is 15.4. The standard InChI is InChI=1S/C20H38O/c1-2-3-4-5-6-7-8-9-10-11-12-13-14-15-16-17-18-19-20-21/h18-20H,2-17H2,1H3. The lowest BCUT2D eigenvalue weighted by Crippen LogP contribution is -1.83. The first-order valence-corrected chi connectivity index (χ1v) is 9.52. The summed E-state index contributed by atoms with van der Waals surface area (Å²) in [4.78, 5) is 10.1. The molecule has 0 aliphatic rings. The molecule has 0 atom stereocenters. The maximum Gasteiger partial charge on any atom is 0.142 e. The van der Waals surface area contributed by atoms with Crippen molar-refractivity contribution in [3.8, 4) is 0 Å². The second-order valence-corrected chi connectivity index (χ2v) is 6.30. The molecule has 0 amide bonds. The molecule has 0 spiro atoms. The van der Waals surface area contributed by atoms with Crippen LogP contribution in [0.4, 0.5) is 0 Å². The fourth-order valence-electron chi connectivity index (χ4n) is 2.79. The Morgan fingerprint density at radius 2 is 0.952 bits per heavy atom. The van der Waals surface area contributed by atoms with E-state index in [2.05, 4.69) is 6.92 Å². The van der Waals surface area contributed by atoms with Gasteiger partial charge < -0.3 is 0 Å². The number of carbonyl (C=O) groups excluding carboxylic acids is 1. The third-order valence-electron chi connectivity index (χ3n) is 4.19. The minimum absolute atomic E-state index is 0.866. The predicted molar refractivity (Wildman–Crippen MR) is 94.8 cm³/mol. The molecule has 21 heavy (non-hydrogen) atoms. The number of rotatable bonds is 17. The Hall–Kier alpha value is -0.590. The summed E-state index contributed by atoms with van der Waals surface area (Å²) in [6.45, 7) is 2.28. The first-order chi connectivity index (χ1) is 10.4. The molecule has 0 aromatic carbocycles. The molecule has 0 unspecified atom stereocenters. The van der Waals surface area contributed by atoms with Gasteiger partial charge in [-0.05, 0) is 18.9 Å². The highest BCUT2D eigenvalue weighted by Gasteiger charge is 1.93. The fraction of sp³-hybridized carbons (Fsp3) is 0.850. The van der Waals surface area contributed by atoms with E-state index in [1.54, 1.807) is 6.08 Å². The molecule has 0 aromatic heterocycles. The van der Waals surface area contributed by atoms with E-state index in [9.17, 15) is 4.79 Å². The molecular weight excluding hydrogens is 256 g/mol. The van der Waals surface area contributed by atoms with Crippen LogP contribution >= 0.6 is 0 Å². The largest absolute Gasteiger partial charge is 0.299 e. The van der Waals surface area contributed by atoms with E-state index < -0.39 is 0 Å². The van der Waals surface area contributed by atoms with E-state index in [0.717, 1.165) is 12.7 Å². The highest BCUT2D eigenvalue weighted by molar-refractivity contribution is 5.64. The van der Waals surface area contributed by atoms with Crippen LogP contribution in [0.25, 0.3) is 0 Å². The van der Waals surface area contributed by atoms with Gasteiger partial charge in [-0.15, -0.1) is 0 Å². The zero-order valence-corrected chi connectivity index (χ0v) is 14.5. The molecule has 0 aliphatic heterocycles. The first kappa shape index (κ1) is 20.4. The van der Waals surface area contributed by atoms with Crippen LogP contribution in [0.5, 0.6) is 0 Å². The fourth-order valence-corrected chi connectivity index (χ4v) is 2.79. The van der Waals surface area contributed by atoms with Gasteiger partial charge in [0.2, 0.25) is 0 Å². The van der Waals surface area contributed by atoms with Crippen LogP contribution in [0.3, 0.4) is 0 Å². The highest BCUT2D eigenvalue weighted by atomic mass is 16.1. The van der Waals surface area contributed by atoms with Crippen molar-refractivity contribution in [2.75, 3.05) is 0 Å². The summed E-state index contributed by atoms with van der Waals surface area (Å²) < 4.78 is 0. The number of hydrogen-bond donors (Lipinski definition) is 0. The Labute approximate surface area is 133 Å². The number of aldehydes is 1. The maximum absolute atomic E-state index is 10.1. The lowest BCUT2D eigenvalue weighted by Gasteiger charge is -2.03. The van der Waals surface area contributed by atoms with Crippen molar-refractivity contribution in [1.29, 1.82) is 0 Å². The van der Waals surface area contributed by atoms with Crippen LogP contribution < -0.4 is 0 Å². The molecular formula is C20H38O. The van der Waals surface area contributed by atoms with Gasteiger partial charge in [0.15, 0.2) is 0 Å². The minimum atomic E-state index is 0.866. The lowest BCUT2D eigenvalue weighted by molar-refractivity contribution is -0.104.